The van der Waals surface area contributed by atoms with Gasteiger partial charge >= 0.3 is 0 Å². The Hall–Kier alpha value is -1.99. The van der Waals surface area contributed by atoms with E-state index in [1.54, 1.807) is 25.3 Å². The quantitative estimate of drug-likeness (QED) is 0.633. The Bertz CT molecular complexity index is 615. The van der Waals surface area contributed by atoms with E-state index in [1.165, 1.54) is 17.4 Å². The number of nitrogens with zero attached hydrogens (tertiary/aromatic N) is 1. The fourth-order valence-corrected chi connectivity index (χ4v) is 2.45. The number of aromatic nitrogens is 1. The minimum atomic E-state index is -0.423. The molecule has 0 saturated carbocycles. The van der Waals surface area contributed by atoms with Crippen molar-refractivity contribution in [3.8, 4) is 5.75 Å². The predicted octanol–water partition coefficient (Wildman–Crippen LogP) is 2.29. The van der Waals surface area contributed by atoms with E-state index in [0.29, 0.717) is 15.6 Å². The number of nitrogen functional groups attached to an aromatic ring is 1. The van der Waals surface area contributed by atoms with Crippen molar-refractivity contribution in [2.45, 2.75) is 13.2 Å². The number of hydrogen-bond donors (Lipinski definition) is 2. The highest BCUT2D eigenvalue weighted by atomic mass is 32.1. The highest BCUT2D eigenvalue weighted by Crippen LogP contribution is 2.22. The van der Waals surface area contributed by atoms with Crippen LogP contribution in [0.2, 0.25) is 0 Å². The van der Waals surface area contributed by atoms with Crippen LogP contribution in [0.25, 0.3) is 0 Å². The maximum absolute atomic E-state index is 13.4. The van der Waals surface area contributed by atoms with E-state index in [2.05, 4.69) is 4.98 Å². The zero-order valence-electron chi connectivity index (χ0n) is 10.9. The monoisotopic (exact) mass is 295 g/mol. The predicted molar refractivity (Wildman–Crippen MR) is 74.6 cm³/mol. The number of thiazole rings is 1. The Morgan fingerprint density at radius 2 is 2.15 bits per heavy atom. The summed E-state index contributed by atoms with van der Waals surface area (Å²) in [5.41, 5.74) is 6.08. The number of nitrogens with one attached hydrogen (secondary N) is 1. The molecule has 0 aliphatic carbocycles. The average molecular weight is 295 g/mol. The minimum absolute atomic E-state index is 0.0632. The normalized spacial score (nSPS) is 10.5. The van der Waals surface area contributed by atoms with Crippen LogP contribution in [0, 0.1) is 11.2 Å². The molecule has 0 spiro atoms. The molecule has 0 radical (unpaired) electrons. The molecule has 20 heavy (non-hydrogen) atoms. The molecule has 2 rings (SSSR count). The molecule has 0 aliphatic heterocycles. The summed E-state index contributed by atoms with van der Waals surface area (Å²) in [6, 6.07) is 6.16. The maximum atomic E-state index is 13.4. The van der Waals surface area contributed by atoms with Gasteiger partial charge in [0.15, 0.2) is 11.6 Å². The molecule has 1 heterocycles. The van der Waals surface area contributed by atoms with Crippen LogP contribution in [0.15, 0.2) is 24.3 Å². The third-order valence-corrected chi connectivity index (χ3v) is 3.56. The van der Waals surface area contributed by atoms with Gasteiger partial charge in [0.1, 0.15) is 17.5 Å². The third-order valence-electron chi connectivity index (χ3n) is 2.46. The fourth-order valence-electron chi connectivity index (χ4n) is 1.61. The summed E-state index contributed by atoms with van der Waals surface area (Å²) in [6.45, 7) is 0.390. The number of para-hydroxylation sites is 1. The maximum Gasteiger partial charge on any atom is 0.165 e. The summed E-state index contributed by atoms with van der Waals surface area (Å²) in [5.74, 6) is -0.319. The Kier molecular flexibility index (Phi) is 4.65. The van der Waals surface area contributed by atoms with Crippen molar-refractivity contribution in [2.24, 2.45) is 5.73 Å². The van der Waals surface area contributed by atoms with Crippen molar-refractivity contribution in [1.82, 2.24) is 4.98 Å². The van der Waals surface area contributed by atoms with Crippen LogP contribution < -0.4 is 10.5 Å². The van der Waals surface area contributed by atoms with Crippen LogP contribution in [-0.4, -0.2) is 17.9 Å². The van der Waals surface area contributed by atoms with Gasteiger partial charge in [-0.1, -0.05) is 12.1 Å². The molecule has 0 aliphatic rings. The van der Waals surface area contributed by atoms with Crippen LogP contribution >= 0.6 is 11.3 Å². The molecule has 0 fully saturated rings. The van der Waals surface area contributed by atoms with Crippen LogP contribution in [0.4, 0.5) is 4.39 Å². The van der Waals surface area contributed by atoms with Crippen LogP contribution in [-0.2, 0) is 18.0 Å². The third kappa shape index (κ3) is 3.31. The van der Waals surface area contributed by atoms with Crippen molar-refractivity contribution in [2.75, 3.05) is 7.11 Å². The van der Waals surface area contributed by atoms with Gasteiger partial charge in [-0.05, 0) is 12.1 Å². The van der Waals surface area contributed by atoms with Gasteiger partial charge in [0.25, 0.3) is 0 Å². The lowest BCUT2D eigenvalue weighted by Gasteiger charge is -2.04. The van der Waals surface area contributed by atoms with Crippen molar-refractivity contribution in [3.63, 3.8) is 0 Å². The topological polar surface area (TPSA) is 81.2 Å². The number of methoxy groups -OCH3 is 1. The van der Waals surface area contributed by atoms with Crippen LogP contribution in [0.1, 0.15) is 15.6 Å². The highest BCUT2D eigenvalue weighted by Gasteiger charge is 2.14. The summed E-state index contributed by atoms with van der Waals surface area (Å²) >= 11 is 1.24. The van der Waals surface area contributed by atoms with Crippen molar-refractivity contribution >= 4 is 17.2 Å². The van der Waals surface area contributed by atoms with E-state index in [-0.39, 0.29) is 24.8 Å². The molecular weight excluding hydrogens is 281 g/mol. The van der Waals surface area contributed by atoms with E-state index in [4.69, 9.17) is 20.6 Å². The number of halogens is 1. The van der Waals surface area contributed by atoms with Crippen molar-refractivity contribution in [3.05, 3.63) is 45.7 Å². The second-order valence-electron chi connectivity index (χ2n) is 3.95. The zero-order valence-corrected chi connectivity index (χ0v) is 11.7. The van der Waals surface area contributed by atoms with E-state index in [0.717, 1.165) is 0 Å². The molecule has 1 aromatic heterocycles. The molecule has 3 N–H and O–H groups in total. The molecule has 1 aromatic carbocycles. The molecule has 2 aromatic rings. The minimum Gasteiger partial charge on any atom is -0.483 e. The molecule has 0 unspecified atom stereocenters. The highest BCUT2D eigenvalue weighted by molar-refractivity contribution is 7.13. The Morgan fingerprint density at radius 1 is 1.40 bits per heavy atom. The number of hydrogen-bond acceptors (Lipinski definition) is 5. The molecule has 5 nitrogen and oxygen atoms in total. The Morgan fingerprint density at radius 3 is 2.80 bits per heavy atom. The Labute approximate surface area is 119 Å². The van der Waals surface area contributed by atoms with E-state index < -0.39 is 5.82 Å². The molecular formula is C13H14FN3O2S. The fraction of sp³-hybridized carbons (Fsp3) is 0.231. The number of nitrogens with two attached hydrogens (primary N) is 1. The SMILES string of the molecule is COCc1nc(COc2ccccc2F)sc1C(=N)N. The molecule has 106 valence electrons. The molecule has 0 atom stereocenters. The van der Waals surface area contributed by atoms with Crippen molar-refractivity contribution in [1.29, 1.82) is 5.41 Å². The second kappa shape index (κ2) is 6.44. The smallest absolute Gasteiger partial charge is 0.165 e. The first-order valence-electron chi connectivity index (χ1n) is 5.81. The van der Waals surface area contributed by atoms with Gasteiger partial charge in [-0.25, -0.2) is 9.37 Å². The zero-order chi connectivity index (χ0) is 14.5. The van der Waals surface area contributed by atoms with Gasteiger partial charge in [0, 0.05) is 7.11 Å². The lowest BCUT2D eigenvalue weighted by molar-refractivity contribution is 0.181. The van der Waals surface area contributed by atoms with Gasteiger partial charge < -0.3 is 15.2 Å². The molecule has 0 amide bonds. The first-order valence-corrected chi connectivity index (χ1v) is 6.62. The first kappa shape index (κ1) is 14.4. The first-order chi connectivity index (χ1) is 9.61. The lowest BCUT2D eigenvalue weighted by atomic mass is 10.3. The van der Waals surface area contributed by atoms with Gasteiger partial charge in [0.05, 0.1) is 17.2 Å². The van der Waals surface area contributed by atoms with E-state index in [9.17, 15) is 4.39 Å². The molecule has 7 heteroatoms. The molecule has 0 saturated heterocycles. The van der Waals surface area contributed by atoms with Crippen molar-refractivity contribution < 1.29 is 13.9 Å². The number of benzene rings is 1. The summed E-state index contributed by atoms with van der Waals surface area (Å²) < 4.78 is 23.8. The standard InChI is InChI=1S/C13H14FN3O2S/c1-18-6-9-12(13(15)16)20-11(17-9)7-19-10-5-3-2-4-8(10)14/h2-5H,6-7H2,1H3,(H3,15,16). The summed E-state index contributed by atoms with van der Waals surface area (Å²) in [5, 5.41) is 8.11. The van der Waals surface area contributed by atoms with Gasteiger partial charge in [-0.2, -0.15) is 0 Å². The van der Waals surface area contributed by atoms with E-state index in [1.807, 2.05) is 0 Å². The molecule has 0 bridgehead atoms. The van der Waals surface area contributed by atoms with Crippen LogP contribution in [0.5, 0.6) is 5.75 Å². The Balaban J connectivity index is 2.12. The second-order valence-corrected chi connectivity index (χ2v) is 5.03. The largest absolute Gasteiger partial charge is 0.483 e. The van der Waals surface area contributed by atoms with E-state index >= 15 is 0 Å². The van der Waals surface area contributed by atoms with Gasteiger partial charge in [0.2, 0.25) is 0 Å². The summed E-state index contributed by atoms with van der Waals surface area (Å²) in [6.07, 6.45) is 0. The van der Waals surface area contributed by atoms with Gasteiger partial charge in [-0.15, -0.1) is 11.3 Å². The number of rotatable bonds is 6. The number of amidine groups is 1. The van der Waals surface area contributed by atoms with Crippen LogP contribution in [0.3, 0.4) is 0 Å². The average Bonchev–Trinajstić information content (AvgIpc) is 2.82. The van der Waals surface area contributed by atoms with Gasteiger partial charge in [-0.3, -0.25) is 5.41 Å². The summed E-state index contributed by atoms with van der Waals surface area (Å²) in [7, 11) is 1.54. The summed E-state index contributed by atoms with van der Waals surface area (Å²) in [4.78, 5) is 4.85. The lowest BCUT2D eigenvalue weighted by Crippen LogP contribution is -2.11. The number of ether oxygens (including phenoxy) is 2.